The highest BCUT2D eigenvalue weighted by Crippen LogP contribution is 2.32. The van der Waals surface area contributed by atoms with Crippen molar-refractivity contribution in [2.24, 2.45) is 5.73 Å². The molecule has 0 aliphatic rings. The smallest absolute Gasteiger partial charge is 0.266 e. The highest BCUT2D eigenvalue weighted by atomic mass is 79.9. The molecule has 2 aromatic rings. The van der Waals surface area contributed by atoms with E-state index in [1.165, 1.54) is 19.2 Å². The average Bonchev–Trinajstić information content (AvgIpc) is 2.81. The summed E-state index contributed by atoms with van der Waals surface area (Å²) < 4.78 is 37.5. The number of nitrogens with two attached hydrogens (primary N) is 1. The molecule has 1 aromatic heterocycles. The number of nitrogens with one attached hydrogen (secondary N) is 1. The Morgan fingerprint density at radius 3 is 2.71 bits per heavy atom. The van der Waals surface area contributed by atoms with Gasteiger partial charge in [-0.2, -0.15) is 0 Å². The molecule has 0 aliphatic heterocycles. The van der Waals surface area contributed by atoms with E-state index in [9.17, 15) is 8.42 Å². The molecule has 0 spiro atoms. The summed E-state index contributed by atoms with van der Waals surface area (Å²) in [6.45, 7) is 0.0919. The predicted octanol–water partition coefficient (Wildman–Crippen LogP) is 2.96. The Morgan fingerprint density at radius 2 is 2.14 bits per heavy atom. The molecule has 114 valence electrons. The Morgan fingerprint density at radius 1 is 1.43 bits per heavy atom. The number of benzene rings is 1. The van der Waals surface area contributed by atoms with Crippen LogP contribution in [0, 0.1) is 0 Å². The molecular formula is C12H12BrClN2O4S. The zero-order valence-electron chi connectivity index (χ0n) is 10.9. The summed E-state index contributed by atoms with van der Waals surface area (Å²) in [5, 5.41) is 0.377. The maximum Gasteiger partial charge on any atom is 0.266 e. The third-order valence-corrected chi connectivity index (χ3v) is 5.06. The molecule has 3 N–H and O–H groups in total. The second-order valence-corrected chi connectivity index (χ2v) is 6.81. The monoisotopic (exact) mass is 394 g/mol. The van der Waals surface area contributed by atoms with Gasteiger partial charge < -0.3 is 14.9 Å². The Bertz CT molecular complexity index is 761. The normalized spacial score (nSPS) is 11.4. The fourth-order valence-electron chi connectivity index (χ4n) is 1.64. The Balaban J connectivity index is 2.41. The van der Waals surface area contributed by atoms with E-state index >= 15 is 0 Å². The van der Waals surface area contributed by atoms with Gasteiger partial charge in [0.1, 0.15) is 16.4 Å². The lowest BCUT2D eigenvalue weighted by atomic mass is 10.3. The van der Waals surface area contributed by atoms with Crippen molar-refractivity contribution in [3.63, 3.8) is 0 Å². The van der Waals surface area contributed by atoms with Gasteiger partial charge in [-0.1, -0.05) is 11.6 Å². The Kier molecular flexibility index (Phi) is 4.82. The highest BCUT2D eigenvalue weighted by molar-refractivity contribution is 9.10. The van der Waals surface area contributed by atoms with Gasteiger partial charge in [0.25, 0.3) is 10.0 Å². The Labute approximate surface area is 135 Å². The van der Waals surface area contributed by atoms with Crippen molar-refractivity contribution < 1.29 is 17.6 Å². The highest BCUT2D eigenvalue weighted by Gasteiger charge is 2.23. The molecule has 21 heavy (non-hydrogen) atoms. The second-order valence-electron chi connectivity index (χ2n) is 4.00. The molecule has 0 saturated heterocycles. The van der Waals surface area contributed by atoms with Gasteiger partial charge in [0.05, 0.1) is 19.3 Å². The number of ether oxygens (including phenoxy) is 1. The first kappa shape index (κ1) is 16.2. The number of furan rings is 1. The molecule has 0 unspecified atom stereocenters. The van der Waals surface area contributed by atoms with Crippen molar-refractivity contribution in [1.82, 2.24) is 0 Å². The summed E-state index contributed by atoms with van der Waals surface area (Å²) in [5.74, 6) is 0.696. The van der Waals surface area contributed by atoms with Crippen molar-refractivity contribution in [3.8, 4) is 5.75 Å². The zero-order chi connectivity index (χ0) is 15.6. The molecule has 1 aromatic carbocycles. The van der Waals surface area contributed by atoms with Crippen LogP contribution in [0.4, 0.5) is 5.69 Å². The van der Waals surface area contributed by atoms with Crippen LogP contribution in [0.15, 0.2) is 38.2 Å². The summed E-state index contributed by atoms with van der Waals surface area (Å²) >= 11 is 8.93. The summed E-state index contributed by atoms with van der Waals surface area (Å²) in [6, 6.07) is 5.97. The molecule has 6 nitrogen and oxygen atoms in total. The third kappa shape index (κ3) is 3.52. The van der Waals surface area contributed by atoms with Gasteiger partial charge in [-0.15, -0.1) is 0 Å². The fraction of sp³-hybridized carbons (Fsp3) is 0.167. The number of anilines is 1. The van der Waals surface area contributed by atoms with E-state index in [0.29, 0.717) is 16.5 Å². The number of sulfonamides is 1. The van der Waals surface area contributed by atoms with Crippen molar-refractivity contribution in [2.45, 2.75) is 11.4 Å². The first-order valence-corrected chi connectivity index (χ1v) is 8.37. The summed E-state index contributed by atoms with van der Waals surface area (Å²) in [4.78, 5) is -0.0509. The van der Waals surface area contributed by atoms with E-state index in [4.69, 9.17) is 26.5 Å². The second kappa shape index (κ2) is 6.27. The first-order chi connectivity index (χ1) is 9.87. The van der Waals surface area contributed by atoms with E-state index in [-0.39, 0.29) is 21.8 Å². The summed E-state index contributed by atoms with van der Waals surface area (Å²) in [6.07, 6.45) is 0. The fourth-order valence-corrected chi connectivity index (χ4v) is 3.87. The van der Waals surface area contributed by atoms with Gasteiger partial charge in [-0.05, 0) is 34.1 Å². The molecular weight excluding hydrogens is 384 g/mol. The molecule has 2 rings (SSSR count). The number of methoxy groups -OCH3 is 1. The maximum atomic E-state index is 12.4. The predicted molar refractivity (Wildman–Crippen MR) is 83.1 cm³/mol. The average molecular weight is 396 g/mol. The summed E-state index contributed by atoms with van der Waals surface area (Å²) in [7, 11) is -2.44. The molecule has 0 bridgehead atoms. The van der Waals surface area contributed by atoms with Crippen LogP contribution in [-0.2, 0) is 16.6 Å². The van der Waals surface area contributed by atoms with Crippen LogP contribution < -0.4 is 15.2 Å². The number of hydrogen-bond donors (Lipinski definition) is 2. The van der Waals surface area contributed by atoms with Crippen molar-refractivity contribution in [2.75, 3.05) is 11.8 Å². The molecule has 0 radical (unpaired) electrons. The number of rotatable bonds is 5. The van der Waals surface area contributed by atoms with Crippen molar-refractivity contribution in [1.29, 1.82) is 0 Å². The number of hydrogen-bond acceptors (Lipinski definition) is 5. The van der Waals surface area contributed by atoms with Gasteiger partial charge >= 0.3 is 0 Å². The van der Waals surface area contributed by atoms with E-state index in [2.05, 4.69) is 20.7 Å². The van der Waals surface area contributed by atoms with Crippen LogP contribution in [0.25, 0.3) is 0 Å². The van der Waals surface area contributed by atoms with Gasteiger partial charge in [0, 0.05) is 11.1 Å². The standard InChI is InChI=1S/C12H12BrClN2O4S/c1-19-10-3-2-7(14)4-9(10)16-21(17,18)11-5-8(6-15)20-12(11)13/h2-5,16H,6,15H2,1H3. The van der Waals surface area contributed by atoms with Crippen molar-refractivity contribution >= 4 is 43.2 Å². The van der Waals surface area contributed by atoms with Gasteiger partial charge in [-0.3, -0.25) is 4.72 Å². The van der Waals surface area contributed by atoms with Crippen molar-refractivity contribution in [3.05, 3.63) is 39.7 Å². The maximum absolute atomic E-state index is 12.4. The first-order valence-electron chi connectivity index (χ1n) is 5.72. The number of halogens is 2. The molecule has 0 fully saturated rings. The van der Waals surface area contributed by atoms with E-state index in [1.807, 2.05) is 0 Å². The minimum atomic E-state index is -3.87. The topological polar surface area (TPSA) is 94.6 Å². The third-order valence-electron chi connectivity index (χ3n) is 2.60. The van der Waals surface area contributed by atoms with Crippen LogP contribution in [-0.4, -0.2) is 15.5 Å². The van der Waals surface area contributed by atoms with Gasteiger partial charge in [-0.25, -0.2) is 8.42 Å². The SMILES string of the molecule is COc1ccc(Cl)cc1NS(=O)(=O)c1cc(CN)oc1Br. The van der Waals surface area contributed by atoms with Gasteiger partial charge in [0.15, 0.2) is 4.67 Å². The Hall–Kier alpha value is -1.22. The lowest BCUT2D eigenvalue weighted by Gasteiger charge is -2.11. The zero-order valence-corrected chi connectivity index (χ0v) is 14.0. The molecule has 0 aliphatic carbocycles. The van der Waals surface area contributed by atoms with Crippen LogP contribution in [0.5, 0.6) is 5.75 Å². The quantitative estimate of drug-likeness (QED) is 0.811. The van der Waals surface area contributed by atoms with Gasteiger partial charge in [0.2, 0.25) is 0 Å². The molecule has 9 heteroatoms. The van der Waals surface area contributed by atoms with Crippen LogP contribution in [0.3, 0.4) is 0 Å². The van der Waals surface area contributed by atoms with Crippen LogP contribution >= 0.6 is 27.5 Å². The molecule has 0 atom stereocenters. The van der Waals surface area contributed by atoms with E-state index in [0.717, 1.165) is 0 Å². The summed E-state index contributed by atoms with van der Waals surface area (Å²) in [5.41, 5.74) is 5.66. The molecule has 0 saturated carbocycles. The van der Waals surface area contributed by atoms with E-state index in [1.54, 1.807) is 12.1 Å². The van der Waals surface area contributed by atoms with Crippen LogP contribution in [0.2, 0.25) is 5.02 Å². The lowest BCUT2D eigenvalue weighted by molar-refractivity contribution is 0.417. The minimum absolute atomic E-state index is 0.0509. The van der Waals surface area contributed by atoms with Crippen LogP contribution in [0.1, 0.15) is 5.76 Å². The largest absolute Gasteiger partial charge is 0.495 e. The molecule has 0 amide bonds. The minimum Gasteiger partial charge on any atom is -0.495 e. The molecule has 1 heterocycles. The lowest BCUT2D eigenvalue weighted by Crippen LogP contribution is -2.13. The van der Waals surface area contributed by atoms with E-state index < -0.39 is 10.0 Å².